The fourth-order valence-electron chi connectivity index (χ4n) is 4.44. The number of aryl methyl sites for hydroxylation is 2. The monoisotopic (exact) mass is 432 g/mol. The summed E-state index contributed by atoms with van der Waals surface area (Å²) in [4.78, 5) is 9.25. The molecule has 166 valence electrons. The Labute approximate surface area is 186 Å². The van der Waals surface area contributed by atoms with Crippen molar-refractivity contribution in [2.75, 3.05) is 17.7 Å². The van der Waals surface area contributed by atoms with Crippen LogP contribution in [0.5, 0.6) is 5.75 Å². The van der Waals surface area contributed by atoms with Crippen molar-refractivity contribution in [2.45, 2.75) is 32.2 Å². The van der Waals surface area contributed by atoms with E-state index in [1.54, 1.807) is 22.7 Å². The van der Waals surface area contributed by atoms with Gasteiger partial charge in [0.25, 0.3) is 0 Å². The van der Waals surface area contributed by atoms with E-state index in [2.05, 4.69) is 38.8 Å². The molecule has 1 aliphatic carbocycles. The number of hydrogen-bond donors (Lipinski definition) is 2. The zero-order chi connectivity index (χ0) is 22.2. The first kappa shape index (κ1) is 20.3. The maximum Gasteiger partial charge on any atom is 0.161 e. The summed E-state index contributed by atoms with van der Waals surface area (Å²) in [5.74, 6) is 2.88. The molecule has 5 rings (SSSR count). The number of nitrogens with zero attached hydrogens (tertiary/aromatic N) is 6. The highest BCUT2D eigenvalue weighted by Gasteiger charge is 2.24. The molecule has 9 nitrogen and oxygen atoms in total. The summed E-state index contributed by atoms with van der Waals surface area (Å²) in [5.41, 5.74) is 3.31. The Morgan fingerprint density at radius 1 is 1.16 bits per heavy atom. The second kappa shape index (κ2) is 8.14. The van der Waals surface area contributed by atoms with Crippen molar-refractivity contribution in [3.63, 3.8) is 0 Å². The number of aromatic nitrogens is 6. The smallest absolute Gasteiger partial charge is 0.161 e. The Bertz CT molecular complexity index is 1260. The molecular formula is C23H28N8O. The standard InChI is InChI=1S/C23H28N8O/c1-14-7-5-8-16(14)26-17-11-20(28-23-15(17)13-25-31(23)3)27-21-12-18(29-30(21)2)22-19(32-4)9-6-10-24-22/h6,9-14,16H,5,7-8H2,1-4H3,(H2,26,27,28)/t14-,16-/m0/s1. The third-order valence-electron chi connectivity index (χ3n) is 6.28. The molecule has 0 spiro atoms. The molecule has 4 heterocycles. The fraction of sp³-hybridized carbons (Fsp3) is 0.391. The molecule has 2 N–H and O–H groups in total. The average molecular weight is 433 g/mol. The quantitative estimate of drug-likeness (QED) is 0.473. The van der Waals surface area contributed by atoms with Gasteiger partial charge in [0.05, 0.1) is 24.4 Å². The molecular weight excluding hydrogens is 404 g/mol. The number of ether oxygens (including phenoxy) is 1. The summed E-state index contributed by atoms with van der Waals surface area (Å²) < 4.78 is 9.03. The summed E-state index contributed by atoms with van der Waals surface area (Å²) in [6.45, 7) is 2.31. The zero-order valence-corrected chi connectivity index (χ0v) is 18.8. The number of rotatable bonds is 6. The van der Waals surface area contributed by atoms with Crippen LogP contribution in [0, 0.1) is 5.92 Å². The molecule has 0 radical (unpaired) electrons. The number of pyridine rings is 2. The fourth-order valence-corrected chi connectivity index (χ4v) is 4.44. The lowest BCUT2D eigenvalue weighted by molar-refractivity contribution is 0.414. The van der Waals surface area contributed by atoms with E-state index in [1.807, 2.05) is 38.5 Å². The van der Waals surface area contributed by atoms with Crippen LogP contribution in [-0.4, -0.2) is 42.7 Å². The summed E-state index contributed by atoms with van der Waals surface area (Å²) >= 11 is 0. The predicted molar refractivity (Wildman–Crippen MR) is 125 cm³/mol. The maximum atomic E-state index is 5.44. The highest BCUT2D eigenvalue weighted by atomic mass is 16.5. The minimum atomic E-state index is 0.466. The van der Waals surface area contributed by atoms with E-state index in [9.17, 15) is 0 Å². The molecule has 2 atom stereocenters. The van der Waals surface area contributed by atoms with Gasteiger partial charge in [0.2, 0.25) is 0 Å². The van der Waals surface area contributed by atoms with Crippen LogP contribution in [0.4, 0.5) is 17.3 Å². The van der Waals surface area contributed by atoms with Crippen molar-refractivity contribution in [3.8, 4) is 17.1 Å². The van der Waals surface area contributed by atoms with Gasteiger partial charge in [0.1, 0.15) is 28.8 Å². The van der Waals surface area contributed by atoms with Crippen LogP contribution in [0.1, 0.15) is 26.2 Å². The Kier molecular flexibility index (Phi) is 5.16. The molecule has 4 aromatic rings. The molecule has 1 fully saturated rings. The summed E-state index contributed by atoms with van der Waals surface area (Å²) in [6, 6.07) is 8.20. The van der Waals surface area contributed by atoms with E-state index in [4.69, 9.17) is 9.72 Å². The minimum absolute atomic E-state index is 0.466. The number of fused-ring (bicyclic) bond motifs is 1. The van der Waals surface area contributed by atoms with Crippen LogP contribution in [0.25, 0.3) is 22.4 Å². The number of hydrogen-bond acceptors (Lipinski definition) is 7. The predicted octanol–water partition coefficient (Wildman–Crippen LogP) is 4.12. The van der Waals surface area contributed by atoms with E-state index >= 15 is 0 Å². The van der Waals surface area contributed by atoms with Gasteiger partial charge in [-0.15, -0.1) is 0 Å². The highest BCUT2D eigenvalue weighted by molar-refractivity contribution is 5.91. The first-order valence-corrected chi connectivity index (χ1v) is 10.9. The first-order valence-electron chi connectivity index (χ1n) is 10.9. The summed E-state index contributed by atoms with van der Waals surface area (Å²) in [6.07, 6.45) is 7.33. The third kappa shape index (κ3) is 3.63. The molecule has 0 unspecified atom stereocenters. The lowest BCUT2D eigenvalue weighted by Crippen LogP contribution is -2.22. The Morgan fingerprint density at radius 2 is 2.03 bits per heavy atom. The van der Waals surface area contributed by atoms with E-state index in [0.29, 0.717) is 23.4 Å². The van der Waals surface area contributed by atoms with E-state index in [-0.39, 0.29) is 0 Å². The Morgan fingerprint density at radius 3 is 2.81 bits per heavy atom. The van der Waals surface area contributed by atoms with Crippen molar-refractivity contribution >= 4 is 28.4 Å². The van der Waals surface area contributed by atoms with Crippen LogP contribution in [-0.2, 0) is 14.1 Å². The summed E-state index contributed by atoms with van der Waals surface area (Å²) in [5, 5.41) is 17.3. The first-order chi connectivity index (χ1) is 15.5. The van der Waals surface area contributed by atoms with Crippen molar-refractivity contribution in [3.05, 3.63) is 36.7 Å². The molecule has 4 aromatic heterocycles. The van der Waals surface area contributed by atoms with E-state index in [0.717, 1.165) is 34.1 Å². The van der Waals surface area contributed by atoms with Crippen LogP contribution in [0.3, 0.4) is 0 Å². The van der Waals surface area contributed by atoms with Gasteiger partial charge in [-0.3, -0.25) is 14.3 Å². The van der Waals surface area contributed by atoms with Crippen molar-refractivity contribution in [1.82, 2.24) is 29.5 Å². The normalized spacial score (nSPS) is 18.2. The molecule has 32 heavy (non-hydrogen) atoms. The van der Waals surface area contributed by atoms with Gasteiger partial charge in [0.15, 0.2) is 5.65 Å². The number of anilines is 3. The zero-order valence-electron chi connectivity index (χ0n) is 18.8. The largest absolute Gasteiger partial charge is 0.494 e. The van der Waals surface area contributed by atoms with Gasteiger partial charge in [0, 0.05) is 38.5 Å². The van der Waals surface area contributed by atoms with Crippen molar-refractivity contribution < 1.29 is 4.74 Å². The van der Waals surface area contributed by atoms with Crippen LogP contribution in [0.15, 0.2) is 36.7 Å². The topological polar surface area (TPSA) is 94.7 Å². The Hall–Kier alpha value is -3.62. The molecule has 1 saturated carbocycles. The second-order valence-electron chi connectivity index (χ2n) is 8.44. The third-order valence-corrected chi connectivity index (χ3v) is 6.28. The Balaban J connectivity index is 1.49. The number of methoxy groups -OCH3 is 1. The van der Waals surface area contributed by atoms with Gasteiger partial charge in [-0.1, -0.05) is 13.3 Å². The lowest BCUT2D eigenvalue weighted by Gasteiger charge is -2.20. The maximum absolute atomic E-state index is 5.44. The molecule has 0 aromatic carbocycles. The van der Waals surface area contributed by atoms with Crippen LogP contribution >= 0.6 is 0 Å². The molecule has 0 amide bonds. The molecule has 1 aliphatic rings. The SMILES string of the molecule is COc1cccnc1-c1cc(Nc2cc(N[C@H]3CCC[C@@H]3C)c3cnn(C)c3n2)n(C)n1. The van der Waals surface area contributed by atoms with Crippen LogP contribution in [0.2, 0.25) is 0 Å². The highest BCUT2D eigenvalue weighted by Crippen LogP contribution is 2.33. The van der Waals surface area contributed by atoms with Crippen molar-refractivity contribution in [1.29, 1.82) is 0 Å². The summed E-state index contributed by atoms with van der Waals surface area (Å²) in [7, 11) is 5.44. The molecule has 0 aliphatic heterocycles. The molecule has 9 heteroatoms. The number of nitrogens with one attached hydrogen (secondary N) is 2. The molecule has 0 bridgehead atoms. The van der Waals surface area contributed by atoms with Gasteiger partial charge in [-0.2, -0.15) is 10.2 Å². The average Bonchev–Trinajstić information content (AvgIpc) is 3.48. The lowest BCUT2D eigenvalue weighted by atomic mass is 10.1. The van der Waals surface area contributed by atoms with Gasteiger partial charge < -0.3 is 15.4 Å². The molecule has 0 saturated heterocycles. The second-order valence-corrected chi connectivity index (χ2v) is 8.44. The van der Waals surface area contributed by atoms with Gasteiger partial charge >= 0.3 is 0 Å². The van der Waals surface area contributed by atoms with Gasteiger partial charge in [-0.25, -0.2) is 4.98 Å². The van der Waals surface area contributed by atoms with Crippen LogP contribution < -0.4 is 15.4 Å². The van der Waals surface area contributed by atoms with Crippen molar-refractivity contribution in [2.24, 2.45) is 20.0 Å². The van der Waals surface area contributed by atoms with E-state index in [1.165, 1.54) is 19.3 Å². The minimum Gasteiger partial charge on any atom is -0.494 e. The van der Waals surface area contributed by atoms with E-state index < -0.39 is 0 Å². The van der Waals surface area contributed by atoms with Gasteiger partial charge in [-0.05, 0) is 30.9 Å².